The molecule has 3 rings (SSSR count). The van der Waals surface area contributed by atoms with Crippen LogP contribution in [0.5, 0.6) is 11.5 Å². The first-order valence-electron chi connectivity index (χ1n) is 8.67. The van der Waals surface area contributed by atoms with E-state index in [1.165, 1.54) is 5.56 Å². The monoisotopic (exact) mass is 364 g/mol. The van der Waals surface area contributed by atoms with Gasteiger partial charge < -0.3 is 20.1 Å². The van der Waals surface area contributed by atoms with Crippen molar-refractivity contribution in [2.24, 2.45) is 0 Å². The molecule has 0 saturated carbocycles. The van der Waals surface area contributed by atoms with Crippen LogP contribution in [0.3, 0.4) is 0 Å². The second-order valence-corrected chi connectivity index (χ2v) is 6.32. The second kappa shape index (κ2) is 7.95. The van der Waals surface area contributed by atoms with E-state index in [1.54, 1.807) is 14.2 Å². The Morgan fingerprint density at radius 1 is 0.741 bits per heavy atom. The largest absolute Gasteiger partial charge is 0.497 e. The molecular formula is C21H24N4O2. The Kier molecular flexibility index (Phi) is 5.45. The molecule has 0 unspecified atom stereocenters. The smallest absolute Gasteiger partial charge is 0.146 e. The first-order chi connectivity index (χ1) is 13.0. The average Bonchev–Trinajstić information content (AvgIpc) is 2.64. The minimum Gasteiger partial charge on any atom is -0.497 e. The summed E-state index contributed by atoms with van der Waals surface area (Å²) in [5.74, 6) is 3.48. The third-order valence-electron chi connectivity index (χ3n) is 4.15. The Hall–Kier alpha value is -3.28. The van der Waals surface area contributed by atoms with Gasteiger partial charge in [0.1, 0.15) is 29.0 Å². The summed E-state index contributed by atoms with van der Waals surface area (Å²) >= 11 is 0. The van der Waals surface area contributed by atoms with Gasteiger partial charge in [-0.2, -0.15) is 0 Å². The number of hydrogen-bond donors (Lipinski definition) is 2. The Balaban J connectivity index is 1.87. The number of nitrogens with one attached hydrogen (secondary N) is 2. The van der Waals surface area contributed by atoms with Gasteiger partial charge in [0.05, 0.1) is 19.9 Å². The van der Waals surface area contributed by atoms with Crippen molar-refractivity contribution in [1.29, 1.82) is 0 Å². The van der Waals surface area contributed by atoms with E-state index >= 15 is 0 Å². The number of ether oxygens (including phenoxy) is 2. The molecule has 3 aromatic rings. The van der Waals surface area contributed by atoms with Crippen molar-refractivity contribution in [3.8, 4) is 11.5 Å². The molecule has 1 heterocycles. The zero-order valence-corrected chi connectivity index (χ0v) is 16.3. The summed E-state index contributed by atoms with van der Waals surface area (Å²) < 4.78 is 10.7. The van der Waals surface area contributed by atoms with Gasteiger partial charge in [-0.3, -0.25) is 0 Å². The zero-order valence-electron chi connectivity index (χ0n) is 16.3. The predicted molar refractivity (Wildman–Crippen MR) is 109 cm³/mol. The van der Waals surface area contributed by atoms with Crippen LogP contribution in [-0.4, -0.2) is 24.2 Å². The van der Waals surface area contributed by atoms with Crippen molar-refractivity contribution < 1.29 is 9.47 Å². The van der Waals surface area contributed by atoms with E-state index in [2.05, 4.69) is 52.6 Å². The summed E-state index contributed by atoms with van der Waals surface area (Å²) in [5.41, 5.74) is 4.21. The maximum atomic E-state index is 5.44. The van der Waals surface area contributed by atoms with Crippen LogP contribution in [0.2, 0.25) is 0 Å². The van der Waals surface area contributed by atoms with Crippen LogP contribution < -0.4 is 20.1 Å². The van der Waals surface area contributed by atoms with Crippen molar-refractivity contribution in [1.82, 2.24) is 9.97 Å². The fourth-order valence-electron chi connectivity index (χ4n) is 2.83. The number of aryl methyl sites for hydroxylation is 3. The van der Waals surface area contributed by atoms with Crippen LogP contribution in [0, 0.1) is 20.8 Å². The molecule has 6 nitrogen and oxygen atoms in total. The van der Waals surface area contributed by atoms with Crippen molar-refractivity contribution in [3.63, 3.8) is 0 Å². The first-order valence-corrected chi connectivity index (χ1v) is 8.67. The molecule has 0 aliphatic carbocycles. The summed E-state index contributed by atoms with van der Waals surface area (Å²) in [6, 6.07) is 13.7. The maximum Gasteiger partial charge on any atom is 0.146 e. The Morgan fingerprint density at radius 3 is 2.04 bits per heavy atom. The van der Waals surface area contributed by atoms with E-state index in [1.807, 2.05) is 31.2 Å². The van der Waals surface area contributed by atoms with Gasteiger partial charge in [0.25, 0.3) is 0 Å². The number of benzene rings is 2. The standard InChI is InChI=1S/C21H24N4O2/c1-13-6-8-17(14(2)10-13)24-20-12-21(23-15(3)22-20)25-18-9-7-16(26-4)11-19(18)27-5/h6-12H,1-5H3,(H2,22,23,24,25). The van der Waals surface area contributed by atoms with E-state index in [4.69, 9.17) is 9.47 Å². The molecule has 0 aliphatic rings. The molecule has 0 atom stereocenters. The van der Waals surface area contributed by atoms with E-state index in [0.29, 0.717) is 17.4 Å². The highest BCUT2D eigenvalue weighted by Crippen LogP contribution is 2.31. The van der Waals surface area contributed by atoms with Gasteiger partial charge in [-0.15, -0.1) is 0 Å². The summed E-state index contributed by atoms with van der Waals surface area (Å²) in [4.78, 5) is 8.97. The lowest BCUT2D eigenvalue weighted by molar-refractivity contribution is 0.395. The molecule has 1 aromatic heterocycles. The van der Waals surface area contributed by atoms with E-state index < -0.39 is 0 Å². The molecule has 140 valence electrons. The summed E-state index contributed by atoms with van der Waals surface area (Å²) in [7, 11) is 3.25. The highest BCUT2D eigenvalue weighted by atomic mass is 16.5. The minimum absolute atomic E-state index is 0.666. The Bertz CT molecular complexity index is 957. The molecule has 0 amide bonds. The molecule has 0 bridgehead atoms. The highest BCUT2D eigenvalue weighted by molar-refractivity contribution is 5.69. The third kappa shape index (κ3) is 4.47. The lowest BCUT2D eigenvalue weighted by Crippen LogP contribution is -2.03. The predicted octanol–water partition coefficient (Wildman–Crippen LogP) is 4.91. The van der Waals surface area contributed by atoms with Crippen LogP contribution in [0.4, 0.5) is 23.0 Å². The number of methoxy groups -OCH3 is 2. The van der Waals surface area contributed by atoms with Crippen molar-refractivity contribution in [2.75, 3.05) is 24.9 Å². The highest BCUT2D eigenvalue weighted by Gasteiger charge is 2.09. The van der Waals surface area contributed by atoms with Gasteiger partial charge in [-0.1, -0.05) is 17.7 Å². The molecule has 0 fully saturated rings. The van der Waals surface area contributed by atoms with Crippen molar-refractivity contribution in [3.05, 3.63) is 59.4 Å². The molecule has 0 saturated heterocycles. The third-order valence-corrected chi connectivity index (χ3v) is 4.15. The molecule has 0 aliphatic heterocycles. The van der Waals surface area contributed by atoms with Crippen LogP contribution in [0.15, 0.2) is 42.5 Å². The molecule has 2 aromatic carbocycles. The molecule has 0 radical (unpaired) electrons. The average molecular weight is 364 g/mol. The quantitative estimate of drug-likeness (QED) is 0.648. The molecule has 2 N–H and O–H groups in total. The fourth-order valence-corrected chi connectivity index (χ4v) is 2.83. The van der Waals surface area contributed by atoms with Gasteiger partial charge in [0.15, 0.2) is 0 Å². The second-order valence-electron chi connectivity index (χ2n) is 6.32. The van der Waals surface area contributed by atoms with Crippen molar-refractivity contribution in [2.45, 2.75) is 20.8 Å². The van der Waals surface area contributed by atoms with Crippen molar-refractivity contribution >= 4 is 23.0 Å². The lowest BCUT2D eigenvalue weighted by atomic mass is 10.1. The Morgan fingerprint density at radius 2 is 1.41 bits per heavy atom. The molecule has 0 spiro atoms. The SMILES string of the molecule is COc1ccc(Nc2cc(Nc3ccc(C)cc3C)nc(C)n2)c(OC)c1. The number of nitrogens with zero attached hydrogens (tertiary/aromatic N) is 2. The van der Waals surface area contributed by atoms with Crippen LogP contribution in [-0.2, 0) is 0 Å². The fraction of sp³-hybridized carbons (Fsp3) is 0.238. The number of aromatic nitrogens is 2. The zero-order chi connectivity index (χ0) is 19.4. The summed E-state index contributed by atoms with van der Waals surface area (Å²) in [6.45, 7) is 6.02. The Labute approximate surface area is 159 Å². The number of rotatable bonds is 6. The van der Waals surface area contributed by atoms with Crippen LogP contribution in [0.25, 0.3) is 0 Å². The van der Waals surface area contributed by atoms with Gasteiger partial charge in [-0.05, 0) is 44.5 Å². The first kappa shape index (κ1) is 18.5. The number of anilines is 4. The molecular weight excluding hydrogens is 340 g/mol. The van der Waals surface area contributed by atoms with Crippen LogP contribution >= 0.6 is 0 Å². The number of hydrogen-bond acceptors (Lipinski definition) is 6. The summed E-state index contributed by atoms with van der Waals surface area (Å²) in [6.07, 6.45) is 0. The molecule has 27 heavy (non-hydrogen) atoms. The van der Waals surface area contributed by atoms with E-state index in [-0.39, 0.29) is 0 Å². The lowest BCUT2D eigenvalue weighted by Gasteiger charge is -2.14. The van der Waals surface area contributed by atoms with Gasteiger partial charge in [0.2, 0.25) is 0 Å². The van der Waals surface area contributed by atoms with Crippen LogP contribution in [0.1, 0.15) is 17.0 Å². The topological polar surface area (TPSA) is 68.3 Å². The van der Waals surface area contributed by atoms with E-state index in [0.717, 1.165) is 28.5 Å². The maximum absolute atomic E-state index is 5.44. The van der Waals surface area contributed by atoms with Gasteiger partial charge in [-0.25, -0.2) is 9.97 Å². The van der Waals surface area contributed by atoms with Gasteiger partial charge >= 0.3 is 0 Å². The normalized spacial score (nSPS) is 10.4. The van der Waals surface area contributed by atoms with E-state index in [9.17, 15) is 0 Å². The molecule has 6 heteroatoms. The summed E-state index contributed by atoms with van der Waals surface area (Å²) in [5, 5.41) is 6.66. The van der Waals surface area contributed by atoms with Gasteiger partial charge in [0, 0.05) is 17.8 Å². The minimum atomic E-state index is 0.666.